The monoisotopic (exact) mass is 483 g/mol. The van der Waals surface area contributed by atoms with Crippen molar-refractivity contribution in [3.63, 3.8) is 0 Å². The minimum Gasteiger partial charge on any atom is -0.393 e. The summed E-state index contributed by atoms with van der Waals surface area (Å²) in [5.41, 5.74) is -0.687. The van der Waals surface area contributed by atoms with E-state index in [1.165, 1.54) is 13.0 Å². The van der Waals surface area contributed by atoms with E-state index in [1.807, 2.05) is 24.6 Å². The Morgan fingerprint density at radius 2 is 1.97 bits per heavy atom. The van der Waals surface area contributed by atoms with E-state index in [0.29, 0.717) is 22.5 Å². The average molecular weight is 484 g/mol. The molecule has 1 unspecified atom stereocenters. The number of nitrogens with zero attached hydrogens (tertiary/aromatic N) is 2. The Kier molecular flexibility index (Phi) is 7.78. The van der Waals surface area contributed by atoms with Crippen LogP contribution in [0.2, 0.25) is 0 Å². The summed E-state index contributed by atoms with van der Waals surface area (Å²) in [5.74, 6) is -2.06. The number of amides is 1. The van der Waals surface area contributed by atoms with Crippen molar-refractivity contribution in [2.45, 2.75) is 62.7 Å². The van der Waals surface area contributed by atoms with Gasteiger partial charge in [0.05, 0.1) is 24.8 Å². The molecule has 11 heteroatoms. The first kappa shape index (κ1) is 25.9. The van der Waals surface area contributed by atoms with Crippen LogP contribution in [-0.4, -0.2) is 36.1 Å². The number of aliphatic hydroxyl groups is 2. The lowest BCUT2D eigenvalue weighted by Crippen LogP contribution is -2.32. The van der Waals surface area contributed by atoms with E-state index in [-0.39, 0.29) is 32.2 Å². The normalized spacial score (nSPS) is 13.8. The molecule has 0 aliphatic heterocycles. The Hall–Kier alpha value is -2.39. The minimum absolute atomic E-state index is 0.0221. The highest BCUT2D eigenvalue weighted by molar-refractivity contribution is 7.92. The van der Waals surface area contributed by atoms with Crippen LogP contribution in [0.3, 0.4) is 0 Å². The van der Waals surface area contributed by atoms with Crippen LogP contribution in [-0.2, 0) is 26.8 Å². The second-order valence-electron chi connectivity index (χ2n) is 8.26. The van der Waals surface area contributed by atoms with Gasteiger partial charge in [-0.25, -0.2) is 22.5 Å². The second kappa shape index (κ2) is 9.62. The topological polar surface area (TPSA) is 140 Å². The zero-order chi connectivity index (χ0) is 24.4. The fourth-order valence-corrected chi connectivity index (χ4v) is 5.38. The van der Waals surface area contributed by atoms with E-state index < -0.39 is 40.4 Å². The van der Waals surface area contributed by atoms with Crippen molar-refractivity contribution in [1.29, 1.82) is 5.26 Å². The summed E-state index contributed by atoms with van der Waals surface area (Å²) in [5, 5.41) is 28.5. The van der Waals surface area contributed by atoms with Crippen LogP contribution in [0.15, 0.2) is 16.5 Å². The molecule has 1 atom stereocenters. The molecule has 0 spiro atoms. The number of aliphatic hydroxyl groups excluding tert-OH is 1. The van der Waals surface area contributed by atoms with Gasteiger partial charge in [-0.1, -0.05) is 27.7 Å². The fourth-order valence-electron chi connectivity index (χ4n) is 3.23. The number of benzene rings is 1. The molecule has 0 radical (unpaired) electrons. The van der Waals surface area contributed by atoms with Gasteiger partial charge in [0.15, 0.2) is 4.21 Å². The van der Waals surface area contributed by atoms with Crippen molar-refractivity contribution in [2.75, 3.05) is 6.61 Å². The maximum atomic E-state index is 14.9. The Bertz CT molecular complexity index is 1160. The van der Waals surface area contributed by atoms with Crippen molar-refractivity contribution in [3.8, 4) is 6.07 Å². The van der Waals surface area contributed by atoms with Gasteiger partial charge in [0.2, 0.25) is 5.91 Å². The number of sulfonamides is 1. The lowest BCUT2D eigenvalue weighted by atomic mass is 9.85. The number of thiazole rings is 1. The Balaban J connectivity index is 2.41. The Labute approximate surface area is 190 Å². The van der Waals surface area contributed by atoms with E-state index in [1.54, 1.807) is 13.8 Å². The van der Waals surface area contributed by atoms with Crippen LogP contribution in [0.4, 0.5) is 4.39 Å². The molecular weight excluding hydrogens is 457 g/mol. The first-order valence-corrected chi connectivity index (χ1v) is 12.2. The number of rotatable bonds is 8. The number of carbonyl (C=O) groups excluding carboxylic acids is 1. The number of aromatic nitrogens is 1. The molecule has 1 amide bonds. The largest absolute Gasteiger partial charge is 0.393 e. The van der Waals surface area contributed by atoms with Crippen LogP contribution in [0, 0.1) is 17.1 Å². The number of nitriles is 1. The highest BCUT2D eigenvalue weighted by Crippen LogP contribution is 2.33. The van der Waals surface area contributed by atoms with E-state index >= 15 is 0 Å². The van der Waals surface area contributed by atoms with E-state index in [0.717, 1.165) is 6.20 Å². The maximum Gasteiger partial charge on any atom is 0.275 e. The maximum absolute atomic E-state index is 14.9. The predicted molar refractivity (Wildman–Crippen MR) is 117 cm³/mol. The molecule has 174 valence electrons. The smallest absolute Gasteiger partial charge is 0.275 e. The van der Waals surface area contributed by atoms with Gasteiger partial charge in [0.1, 0.15) is 22.5 Å². The summed E-state index contributed by atoms with van der Waals surface area (Å²) in [6, 6.07) is 3.23. The van der Waals surface area contributed by atoms with Crippen molar-refractivity contribution in [3.05, 3.63) is 45.3 Å². The van der Waals surface area contributed by atoms with Crippen LogP contribution < -0.4 is 4.72 Å². The van der Waals surface area contributed by atoms with E-state index in [2.05, 4.69) is 4.98 Å². The van der Waals surface area contributed by atoms with Gasteiger partial charge >= 0.3 is 0 Å². The molecule has 0 saturated carbocycles. The molecule has 0 aliphatic rings. The third-order valence-electron chi connectivity index (χ3n) is 4.87. The van der Waals surface area contributed by atoms with E-state index in [4.69, 9.17) is 0 Å². The fraction of sp³-hybridized carbons (Fsp3) is 0.476. The standard InChI is InChI=1S/C21H26FN3O5S2/c1-11(2)14-6-13(8-23)19(22)18(12(3)4)15(14)7-16(27)25-32(29,30)17-9-24-20(31-17)21(5,28)10-26/h6,9,11-12,26,28H,7,10H2,1-5H3,(H,25,27). The summed E-state index contributed by atoms with van der Waals surface area (Å²) in [6.07, 6.45) is 0.586. The molecule has 0 fully saturated rings. The van der Waals surface area contributed by atoms with Crippen molar-refractivity contribution in [1.82, 2.24) is 9.71 Å². The zero-order valence-corrected chi connectivity index (χ0v) is 20.1. The number of hydrogen-bond acceptors (Lipinski definition) is 8. The number of halogens is 1. The SMILES string of the molecule is CC(C)c1cc(C#N)c(F)c(C(C)C)c1CC(=O)NS(=O)(=O)c1cnc(C(C)(O)CO)s1. The van der Waals surface area contributed by atoms with Crippen molar-refractivity contribution >= 4 is 27.3 Å². The highest BCUT2D eigenvalue weighted by atomic mass is 32.2. The molecule has 2 rings (SSSR count). The summed E-state index contributed by atoms with van der Waals surface area (Å²) >= 11 is 0.623. The van der Waals surface area contributed by atoms with Gasteiger partial charge in [-0.2, -0.15) is 5.26 Å². The molecule has 0 aliphatic carbocycles. The molecule has 3 N–H and O–H groups in total. The summed E-state index contributed by atoms with van der Waals surface area (Å²) in [6.45, 7) is 7.75. The lowest BCUT2D eigenvalue weighted by molar-refractivity contribution is -0.118. The van der Waals surface area contributed by atoms with Crippen LogP contribution in [0.25, 0.3) is 0 Å². The zero-order valence-electron chi connectivity index (χ0n) is 18.4. The quantitative estimate of drug-likeness (QED) is 0.524. The van der Waals surface area contributed by atoms with E-state index in [9.17, 15) is 33.1 Å². The molecule has 1 heterocycles. The van der Waals surface area contributed by atoms with Crippen LogP contribution >= 0.6 is 11.3 Å². The van der Waals surface area contributed by atoms with Gasteiger partial charge in [-0.05, 0) is 41.5 Å². The van der Waals surface area contributed by atoms with Gasteiger partial charge < -0.3 is 10.2 Å². The minimum atomic E-state index is -4.30. The van der Waals surface area contributed by atoms with Crippen LogP contribution in [0.1, 0.15) is 73.7 Å². The van der Waals surface area contributed by atoms with Crippen molar-refractivity contribution in [2.24, 2.45) is 0 Å². The molecule has 32 heavy (non-hydrogen) atoms. The molecule has 0 saturated heterocycles. The first-order valence-electron chi connectivity index (χ1n) is 9.85. The van der Waals surface area contributed by atoms with Gasteiger partial charge in [0.25, 0.3) is 10.0 Å². The second-order valence-corrected chi connectivity index (χ2v) is 11.2. The molecule has 1 aromatic carbocycles. The number of hydrogen-bond donors (Lipinski definition) is 3. The Morgan fingerprint density at radius 1 is 1.34 bits per heavy atom. The lowest BCUT2D eigenvalue weighted by Gasteiger charge is -2.21. The summed E-state index contributed by atoms with van der Waals surface area (Å²) < 4.78 is 41.8. The average Bonchev–Trinajstić information content (AvgIpc) is 3.19. The molecule has 0 bridgehead atoms. The van der Waals surface area contributed by atoms with Gasteiger partial charge in [-0.15, -0.1) is 11.3 Å². The number of carbonyl (C=O) groups is 1. The Morgan fingerprint density at radius 3 is 2.47 bits per heavy atom. The summed E-state index contributed by atoms with van der Waals surface area (Å²) in [7, 11) is -4.30. The molecule has 2 aromatic rings. The third kappa shape index (κ3) is 5.32. The number of nitrogens with one attached hydrogen (secondary N) is 1. The molecule has 8 nitrogen and oxygen atoms in total. The van der Waals surface area contributed by atoms with Crippen LogP contribution in [0.5, 0.6) is 0 Å². The predicted octanol–water partition coefficient (Wildman–Crippen LogP) is 2.65. The van der Waals surface area contributed by atoms with Crippen molar-refractivity contribution < 1.29 is 27.8 Å². The molecular formula is C21H26FN3O5S2. The van der Waals surface area contributed by atoms with Gasteiger partial charge in [-0.3, -0.25) is 4.79 Å². The third-order valence-corrected chi connectivity index (χ3v) is 7.95. The highest BCUT2D eigenvalue weighted by Gasteiger charge is 2.30. The molecule has 1 aromatic heterocycles. The first-order chi connectivity index (χ1) is 14.7. The summed E-state index contributed by atoms with van der Waals surface area (Å²) in [4.78, 5) is 16.5. The van der Waals surface area contributed by atoms with Gasteiger partial charge in [0, 0.05) is 0 Å².